The van der Waals surface area contributed by atoms with E-state index in [0.29, 0.717) is 18.3 Å². The number of piperidine rings is 1. The van der Waals surface area contributed by atoms with E-state index in [9.17, 15) is 0 Å². The van der Waals surface area contributed by atoms with E-state index < -0.39 is 0 Å². The number of likely N-dealkylation sites (tertiary alicyclic amines) is 9. The van der Waals surface area contributed by atoms with Crippen LogP contribution in [0.25, 0.3) is 0 Å². The molecule has 2 aliphatic carbocycles. The van der Waals surface area contributed by atoms with Gasteiger partial charge in [0.2, 0.25) is 0 Å². The number of ether oxygens (including phenoxy) is 3. The Bertz CT molecular complexity index is 1340. The van der Waals surface area contributed by atoms with Crippen molar-refractivity contribution in [3.63, 3.8) is 0 Å². The van der Waals surface area contributed by atoms with Crippen LogP contribution in [0, 0.1) is 42.3 Å². The fourth-order valence-electron chi connectivity index (χ4n) is 12.1. The van der Waals surface area contributed by atoms with Crippen LogP contribution in [-0.2, 0) is 14.2 Å². The highest BCUT2D eigenvalue weighted by Gasteiger charge is 2.47. The van der Waals surface area contributed by atoms with Crippen LogP contribution < -0.4 is 29.4 Å². The van der Waals surface area contributed by atoms with Crippen LogP contribution in [0.3, 0.4) is 0 Å². The van der Waals surface area contributed by atoms with E-state index in [1.54, 1.807) is 7.11 Å². The van der Waals surface area contributed by atoms with Gasteiger partial charge in [-0.05, 0) is 71.9 Å². The highest BCUT2D eigenvalue weighted by molar-refractivity contribution is 4.99. The van der Waals surface area contributed by atoms with Gasteiger partial charge >= 0.3 is 0 Å². The van der Waals surface area contributed by atoms with Crippen molar-refractivity contribution in [3.8, 4) is 0 Å². The molecule has 2 saturated carbocycles. The lowest BCUT2D eigenvalue weighted by Crippen LogP contribution is -3.18. The maximum absolute atomic E-state index is 5.70. The Morgan fingerprint density at radius 3 is 1.09 bits per heavy atom. The lowest BCUT2D eigenvalue weighted by molar-refractivity contribution is -0.902. The van der Waals surface area contributed by atoms with Gasteiger partial charge in [0.25, 0.3) is 0 Å². The molecule has 2 atom stereocenters. The molecule has 0 aromatic rings. The van der Waals surface area contributed by atoms with E-state index in [0.717, 1.165) is 101 Å². The molecule has 67 heavy (non-hydrogen) atoms. The third kappa shape index (κ3) is 15.7. The summed E-state index contributed by atoms with van der Waals surface area (Å²) < 4.78 is 16.2. The van der Waals surface area contributed by atoms with Gasteiger partial charge in [-0.3, -0.25) is 29.4 Å². The minimum Gasteiger partial charge on any atom is -0.465 e. The van der Waals surface area contributed by atoms with Gasteiger partial charge in [-0.1, -0.05) is 6.42 Å². The molecular weight excluding hydrogens is 841 g/mol. The predicted octanol–water partition coefficient (Wildman–Crippen LogP) is -6.14. The third-order valence-electron chi connectivity index (χ3n) is 17.2. The predicted molar refractivity (Wildman–Crippen MR) is 265 cm³/mol. The molecule has 0 amide bonds. The number of hydrogen-bond acceptors (Lipinski definition) is 9. The molecule has 13 rings (SSSR count). The highest BCUT2D eigenvalue weighted by atomic mass is 16.5. The molecule has 11 saturated heterocycles. The Balaban J connectivity index is 0.000000109. The molecular formula is C52H102N12O3. The first-order chi connectivity index (χ1) is 32.4. The molecule has 11 aliphatic heterocycles. The molecule has 388 valence electrons. The van der Waals surface area contributed by atoms with Crippen molar-refractivity contribution in [2.24, 2.45) is 0 Å². The molecule has 15 heteroatoms. The van der Waals surface area contributed by atoms with E-state index in [1.165, 1.54) is 185 Å². The fourth-order valence-corrected chi connectivity index (χ4v) is 12.1. The maximum Gasteiger partial charge on any atom is 0.105 e. The fraction of sp³-hybridized carbons (Fsp3) is 0.885. The number of hydrogen-bond donors (Lipinski definition) is 6. The highest BCUT2D eigenvalue weighted by Crippen LogP contribution is 2.39. The van der Waals surface area contributed by atoms with Gasteiger partial charge in [-0.15, -0.1) is 0 Å². The summed E-state index contributed by atoms with van der Waals surface area (Å²) >= 11 is 0. The third-order valence-corrected chi connectivity index (χ3v) is 17.2. The number of morpholine rings is 2. The summed E-state index contributed by atoms with van der Waals surface area (Å²) in [5.74, 6) is 0. The van der Waals surface area contributed by atoms with Crippen molar-refractivity contribution in [1.82, 2.24) is 29.4 Å². The summed E-state index contributed by atoms with van der Waals surface area (Å²) in [6.07, 6.45) is 12.9. The summed E-state index contributed by atoms with van der Waals surface area (Å²) in [6, 6.07) is 7.00. The normalized spacial score (nSPS) is 42.2. The largest absolute Gasteiger partial charge is 0.465 e. The molecule has 0 aromatic heterocycles. The first-order valence-corrected chi connectivity index (χ1v) is 27.6. The summed E-state index contributed by atoms with van der Waals surface area (Å²) in [7, 11) is 25.6. The quantitative estimate of drug-likeness (QED) is 0.127. The van der Waals surface area contributed by atoms with Gasteiger partial charge in [-0.2, -0.15) is 42.3 Å². The topological polar surface area (TPSA) is 73.8 Å². The Morgan fingerprint density at radius 2 is 0.761 bits per heavy atom. The van der Waals surface area contributed by atoms with Gasteiger partial charge in [-0.25, -0.2) is 0 Å². The second-order valence-electron chi connectivity index (χ2n) is 23.4. The van der Waals surface area contributed by atoms with Crippen molar-refractivity contribution < 1.29 is 43.6 Å². The number of nitrogens with zero attached hydrogens (tertiary/aromatic N) is 6. The Hall–Kier alpha value is -0.600. The number of nitrogens with one attached hydrogen (secondary N) is 6. The summed E-state index contributed by atoms with van der Waals surface area (Å²) in [6.45, 7) is 33.3. The van der Waals surface area contributed by atoms with E-state index in [2.05, 4.69) is 85.5 Å². The van der Waals surface area contributed by atoms with Gasteiger partial charge < -0.3 is 43.6 Å². The summed E-state index contributed by atoms with van der Waals surface area (Å²) in [4.78, 5) is 24.2. The van der Waals surface area contributed by atoms with Crippen LogP contribution in [0.4, 0.5) is 0 Å². The van der Waals surface area contributed by atoms with Gasteiger partial charge in [0.1, 0.15) is 36.3 Å². The molecule has 6 N–H and O–H groups in total. The van der Waals surface area contributed by atoms with Crippen LogP contribution in [0.15, 0.2) is 0 Å². The van der Waals surface area contributed by atoms with Crippen molar-refractivity contribution in [3.05, 3.63) is 42.3 Å². The zero-order valence-electron chi connectivity index (χ0n) is 43.1. The average Bonchev–Trinajstić information content (AvgIpc) is 4.16. The minimum atomic E-state index is 0.401. The Labute approximate surface area is 410 Å². The smallest absolute Gasteiger partial charge is 0.105 e. The zero-order chi connectivity index (χ0) is 47.0. The average molecular weight is 943 g/mol. The van der Waals surface area contributed by atoms with Crippen LogP contribution in [0.1, 0.15) is 65.2 Å². The molecule has 2 unspecified atom stereocenters. The second-order valence-corrected chi connectivity index (χ2v) is 23.4. The first-order valence-electron chi connectivity index (χ1n) is 27.6. The van der Waals surface area contributed by atoms with Crippen LogP contribution >= 0.6 is 0 Å². The van der Waals surface area contributed by atoms with Gasteiger partial charge in [0, 0.05) is 71.6 Å². The van der Waals surface area contributed by atoms with E-state index in [1.807, 2.05) is 0 Å². The summed E-state index contributed by atoms with van der Waals surface area (Å²) in [5, 5.41) is 0. The first kappa shape index (κ1) is 52.7. The van der Waals surface area contributed by atoms with Crippen molar-refractivity contribution in [2.45, 2.75) is 132 Å². The Kier molecular flexibility index (Phi) is 20.0. The molecule has 11 heterocycles. The Morgan fingerprint density at radius 1 is 0.418 bits per heavy atom. The number of rotatable bonds is 9. The van der Waals surface area contributed by atoms with E-state index in [-0.39, 0.29) is 0 Å². The zero-order valence-corrected chi connectivity index (χ0v) is 43.1. The van der Waals surface area contributed by atoms with Crippen molar-refractivity contribution in [2.75, 3.05) is 164 Å². The second kappa shape index (κ2) is 25.4. The summed E-state index contributed by atoms with van der Waals surface area (Å²) in [5.41, 5.74) is 0. The monoisotopic (exact) mass is 943 g/mol. The number of quaternary nitrogens is 6. The van der Waals surface area contributed by atoms with Gasteiger partial charge in [0.15, 0.2) is 0 Å². The molecule has 13 aliphatic rings. The van der Waals surface area contributed by atoms with Crippen molar-refractivity contribution in [1.29, 1.82) is 0 Å². The van der Waals surface area contributed by atoms with E-state index in [4.69, 9.17) is 14.2 Å². The molecule has 0 bridgehead atoms. The van der Waals surface area contributed by atoms with Crippen LogP contribution in [0.2, 0.25) is 0 Å². The minimum absolute atomic E-state index is 0.401. The standard InChI is InChI=1S/C10H20N2O.C10H18N2.C9H18N2.2C8H16N2O.C7H14N2/c1-8-4-12(5-9(2)13-8)10-6-11(3)7-10;1-11-6-10(7-11)12(8-2-3-8)9-4-5-9;1-10-7-9(8-10)11-5-3-2-4-6-11;1-9-3-7(4-9)10-5-8(6-10)11-2;1-9-6-8(7-9)10-2-4-11-5-3-10;1-8-5-7(6-8)9-3-2-4-9/h8-11H,3-7H2,1-2H3;8-11H,1-7H2;9-10H,1-8H2;7-9H,1,3-6H2,2H3;8-9H,1-7H2;7-8H,1-6H2. The molecule has 15 nitrogen and oxygen atoms in total. The van der Waals surface area contributed by atoms with E-state index >= 15 is 0 Å². The maximum atomic E-state index is 5.70. The van der Waals surface area contributed by atoms with Crippen LogP contribution in [0.5, 0.6) is 0 Å². The lowest BCUT2D eigenvalue weighted by Gasteiger charge is -2.50. The SMILES string of the molecule is [CH2-][NH+]1CC(N(C2CC2)C2CC2)C1.[CH2-][NH+]1CC(N2CC(C)OC(C)C2)C1.[CH2-][NH+]1CC(N2CC(OC)C2)C1.[CH2-][NH+]1CC(N2CCC2)C1.[CH2-][NH+]1CC(N2CCCCC2)C1.[CH2-][NH+]1CC(N2CCOCC2)C1. The molecule has 0 aromatic carbocycles. The molecule has 0 radical (unpaired) electrons. The van der Waals surface area contributed by atoms with Crippen molar-refractivity contribution >= 4 is 0 Å². The molecule has 13 fully saturated rings. The molecule has 0 spiro atoms. The van der Waals surface area contributed by atoms with Gasteiger partial charge in [0.05, 0.1) is 110 Å². The van der Waals surface area contributed by atoms with Crippen LogP contribution in [-0.4, -0.2) is 260 Å². The lowest BCUT2D eigenvalue weighted by atomic mass is 10.0. The number of methoxy groups -OCH3 is 1.